The molecule has 0 rings (SSSR count). The van der Waals surface area contributed by atoms with Gasteiger partial charge in [-0.1, -0.05) is 13.3 Å². The molecule has 1 unspecified atom stereocenters. The van der Waals surface area contributed by atoms with E-state index in [0.717, 1.165) is 19.4 Å². The van der Waals surface area contributed by atoms with Crippen LogP contribution in [0.1, 0.15) is 19.8 Å². The van der Waals surface area contributed by atoms with Crippen LogP contribution in [0, 0.1) is 0 Å². The van der Waals surface area contributed by atoms with E-state index in [0.29, 0.717) is 52.9 Å². The summed E-state index contributed by atoms with van der Waals surface area (Å²) >= 11 is 0. The van der Waals surface area contributed by atoms with Crippen molar-refractivity contribution in [2.45, 2.75) is 25.8 Å². The van der Waals surface area contributed by atoms with Gasteiger partial charge in [-0.2, -0.15) is 0 Å². The minimum absolute atomic E-state index is 0.0731. The fourth-order valence-electron chi connectivity index (χ4n) is 1.40. The molecule has 0 bridgehead atoms. The summed E-state index contributed by atoms with van der Waals surface area (Å²) in [4.78, 5) is 0. The van der Waals surface area contributed by atoms with Crippen LogP contribution in [0.5, 0.6) is 0 Å². The second kappa shape index (κ2) is 16.8. The molecule has 1 atom stereocenters. The third kappa shape index (κ3) is 15.8. The summed E-state index contributed by atoms with van der Waals surface area (Å²) < 4.78 is 26.3. The van der Waals surface area contributed by atoms with Crippen LogP contribution in [0.4, 0.5) is 0 Å². The first-order valence-electron chi connectivity index (χ1n) is 7.36. The topological polar surface area (TPSA) is 72.2 Å². The highest BCUT2D eigenvalue weighted by Crippen LogP contribution is 1.88. The molecule has 6 nitrogen and oxygen atoms in total. The molecule has 0 aromatic carbocycles. The van der Waals surface area contributed by atoms with Gasteiger partial charge in [-0.3, -0.25) is 0 Å². The lowest BCUT2D eigenvalue weighted by Crippen LogP contribution is -2.31. The number of methoxy groups -OCH3 is 1. The maximum atomic E-state index is 5.70. The fourth-order valence-corrected chi connectivity index (χ4v) is 1.40. The monoisotopic (exact) mass is 293 g/mol. The Labute approximate surface area is 122 Å². The molecule has 0 amide bonds. The van der Waals surface area contributed by atoms with E-state index < -0.39 is 0 Å². The van der Waals surface area contributed by atoms with Crippen LogP contribution in [-0.4, -0.2) is 72.6 Å². The average Bonchev–Trinajstić information content (AvgIpc) is 2.44. The van der Waals surface area contributed by atoms with Crippen molar-refractivity contribution < 1.29 is 23.7 Å². The van der Waals surface area contributed by atoms with E-state index in [-0.39, 0.29) is 6.04 Å². The van der Waals surface area contributed by atoms with E-state index in [4.69, 9.17) is 29.4 Å². The zero-order valence-electron chi connectivity index (χ0n) is 13.0. The molecule has 0 spiro atoms. The van der Waals surface area contributed by atoms with Crippen molar-refractivity contribution in [2.75, 3.05) is 66.6 Å². The van der Waals surface area contributed by atoms with Crippen LogP contribution in [0.15, 0.2) is 0 Å². The van der Waals surface area contributed by atoms with Crippen molar-refractivity contribution in [3.8, 4) is 0 Å². The Balaban J connectivity index is 2.99. The first-order chi connectivity index (χ1) is 9.81. The van der Waals surface area contributed by atoms with Crippen molar-refractivity contribution in [1.29, 1.82) is 0 Å². The number of nitrogens with two attached hydrogens (primary N) is 1. The molecule has 0 aliphatic heterocycles. The maximum absolute atomic E-state index is 5.70. The molecule has 0 saturated heterocycles. The van der Waals surface area contributed by atoms with E-state index in [2.05, 4.69) is 6.92 Å². The van der Waals surface area contributed by atoms with Crippen molar-refractivity contribution in [1.82, 2.24) is 0 Å². The van der Waals surface area contributed by atoms with Crippen molar-refractivity contribution in [3.63, 3.8) is 0 Å². The highest BCUT2D eigenvalue weighted by Gasteiger charge is 2.00. The lowest BCUT2D eigenvalue weighted by molar-refractivity contribution is -0.00544. The fraction of sp³-hybridized carbons (Fsp3) is 1.00. The van der Waals surface area contributed by atoms with Crippen LogP contribution in [-0.2, 0) is 23.7 Å². The Morgan fingerprint density at radius 1 is 0.750 bits per heavy atom. The van der Waals surface area contributed by atoms with Gasteiger partial charge >= 0.3 is 0 Å². The number of rotatable bonds is 16. The molecule has 0 heterocycles. The minimum Gasteiger partial charge on any atom is -0.383 e. The number of ether oxygens (including phenoxy) is 5. The van der Waals surface area contributed by atoms with Gasteiger partial charge in [-0.25, -0.2) is 0 Å². The van der Waals surface area contributed by atoms with E-state index in [9.17, 15) is 0 Å². The summed E-state index contributed by atoms with van der Waals surface area (Å²) in [7, 11) is 1.62. The van der Waals surface area contributed by atoms with Gasteiger partial charge in [0.2, 0.25) is 0 Å². The molecule has 2 N–H and O–H groups in total. The second-order valence-electron chi connectivity index (χ2n) is 4.48. The Bertz CT molecular complexity index is 183. The average molecular weight is 293 g/mol. The molecule has 122 valence electrons. The molecule has 0 aliphatic carbocycles. The molecular weight excluding hydrogens is 262 g/mol. The minimum atomic E-state index is -0.0731. The van der Waals surface area contributed by atoms with Gasteiger partial charge in [0.1, 0.15) is 0 Å². The highest BCUT2D eigenvalue weighted by atomic mass is 16.6. The molecule has 6 heteroatoms. The predicted octanol–water partition coefficient (Wildman–Crippen LogP) is 0.827. The van der Waals surface area contributed by atoms with Crippen molar-refractivity contribution >= 4 is 0 Å². The van der Waals surface area contributed by atoms with Crippen LogP contribution < -0.4 is 5.73 Å². The summed E-state index contributed by atoms with van der Waals surface area (Å²) in [5.74, 6) is 0. The molecule has 0 aromatic heterocycles. The first kappa shape index (κ1) is 19.8. The summed E-state index contributed by atoms with van der Waals surface area (Å²) in [5.41, 5.74) is 5.70. The molecule has 0 fully saturated rings. The van der Waals surface area contributed by atoms with Crippen LogP contribution in [0.2, 0.25) is 0 Å². The summed E-state index contributed by atoms with van der Waals surface area (Å²) in [6, 6.07) is -0.0731. The molecular formula is C14H31NO5. The molecule has 0 aromatic rings. The largest absolute Gasteiger partial charge is 0.383 e. The van der Waals surface area contributed by atoms with Crippen molar-refractivity contribution in [2.24, 2.45) is 5.73 Å². The van der Waals surface area contributed by atoms with E-state index >= 15 is 0 Å². The van der Waals surface area contributed by atoms with Crippen LogP contribution in [0.3, 0.4) is 0 Å². The van der Waals surface area contributed by atoms with Gasteiger partial charge in [0, 0.05) is 13.7 Å². The molecule has 0 saturated carbocycles. The van der Waals surface area contributed by atoms with E-state index in [1.807, 2.05) is 0 Å². The third-order valence-electron chi connectivity index (χ3n) is 2.47. The third-order valence-corrected chi connectivity index (χ3v) is 2.47. The smallest absolute Gasteiger partial charge is 0.0701 e. The van der Waals surface area contributed by atoms with Gasteiger partial charge in [0.25, 0.3) is 0 Å². The maximum Gasteiger partial charge on any atom is 0.0701 e. The van der Waals surface area contributed by atoms with E-state index in [1.54, 1.807) is 7.11 Å². The quantitative estimate of drug-likeness (QED) is 0.425. The Hall–Kier alpha value is -0.240. The predicted molar refractivity (Wildman–Crippen MR) is 78.0 cm³/mol. The number of hydrogen-bond acceptors (Lipinski definition) is 6. The summed E-state index contributed by atoms with van der Waals surface area (Å²) in [5, 5.41) is 0. The van der Waals surface area contributed by atoms with Crippen molar-refractivity contribution in [3.05, 3.63) is 0 Å². The lowest BCUT2D eigenvalue weighted by atomic mass is 10.4. The summed E-state index contributed by atoms with van der Waals surface area (Å²) in [6.45, 7) is 7.48. The Morgan fingerprint density at radius 2 is 1.25 bits per heavy atom. The standard InChI is InChI=1S/C14H31NO5/c1-3-4-5-17-6-7-18-8-9-19-10-11-20-13-14(15)12-16-2/h14H,3-13,15H2,1-2H3. The first-order valence-corrected chi connectivity index (χ1v) is 7.36. The molecule has 0 aliphatic rings. The van der Waals surface area contributed by atoms with Gasteiger partial charge in [0.05, 0.1) is 58.9 Å². The number of hydrogen-bond donors (Lipinski definition) is 1. The van der Waals surface area contributed by atoms with Gasteiger partial charge in [-0.05, 0) is 6.42 Å². The van der Waals surface area contributed by atoms with Crippen LogP contribution in [0.25, 0.3) is 0 Å². The second-order valence-corrected chi connectivity index (χ2v) is 4.48. The van der Waals surface area contributed by atoms with Gasteiger partial charge < -0.3 is 29.4 Å². The number of unbranched alkanes of at least 4 members (excludes halogenated alkanes) is 1. The van der Waals surface area contributed by atoms with Crippen LogP contribution >= 0.6 is 0 Å². The SMILES string of the molecule is CCCCOCCOCCOCCOCC(N)COC. The normalized spacial score (nSPS) is 12.8. The molecule has 20 heavy (non-hydrogen) atoms. The zero-order valence-corrected chi connectivity index (χ0v) is 13.0. The Morgan fingerprint density at radius 3 is 1.75 bits per heavy atom. The van der Waals surface area contributed by atoms with E-state index in [1.165, 1.54) is 0 Å². The zero-order chi connectivity index (χ0) is 14.9. The summed E-state index contributed by atoms with van der Waals surface area (Å²) in [6.07, 6.45) is 2.27. The Kier molecular flexibility index (Phi) is 16.6. The highest BCUT2D eigenvalue weighted by molar-refractivity contribution is 4.56. The van der Waals surface area contributed by atoms with Gasteiger partial charge in [-0.15, -0.1) is 0 Å². The van der Waals surface area contributed by atoms with Gasteiger partial charge in [0.15, 0.2) is 0 Å². The lowest BCUT2D eigenvalue weighted by Gasteiger charge is -2.11. The molecule has 0 radical (unpaired) electrons.